The van der Waals surface area contributed by atoms with Gasteiger partial charge in [-0.15, -0.1) is 0 Å². The standard InChI is InChI=1S/C12H14N2O3/c15-11-5-3-9(8-13-11)14-12(16)6-4-10-2-1-7-17-10/h1-2,4,6-7,9H,3,5,8H2,(H,13,15)(H,14,16). The van der Waals surface area contributed by atoms with Gasteiger partial charge in [-0.1, -0.05) is 0 Å². The zero-order valence-electron chi connectivity index (χ0n) is 9.31. The highest BCUT2D eigenvalue weighted by Crippen LogP contribution is 2.04. The van der Waals surface area contributed by atoms with Crippen LogP contribution in [0.15, 0.2) is 28.9 Å². The molecule has 17 heavy (non-hydrogen) atoms. The molecule has 1 aromatic rings. The van der Waals surface area contributed by atoms with E-state index in [4.69, 9.17) is 4.42 Å². The van der Waals surface area contributed by atoms with Crippen molar-refractivity contribution in [3.05, 3.63) is 30.2 Å². The fourth-order valence-electron chi connectivity index (χ4n) is 1.65. The number of rotatable bonds is 3. The molecule has 1 saturated heterocycles. The lowest BCUT2D eigenvalue weighted by Gasteiger charge is -2.22. The molecule has 1 aliphatic heterocycles. The Hall–Kier alpha value is -2.04. The topological polar surface area (TPSA) is 71.3 Å². The molecule has 0 spiro atoms. The molecule has 0 aliphatic carbocycles. The number of amides is 2. The molecular weight excluding hydrogens is 220 g/mol. The SMILES string of the molecule is O=C(C=Cc1ccco1)NC1CCC(=O)NC1. The van der Waals surface area contributed by atoms with E-state index in [0.717, 1.165) is 0 Å². The van der Waals surface area contributed by atoms with E-state index in [0.29, 0.717) is 25.1 Å². The van der Waals surface area contributed by atoms with Gasteiger partial charge < -0.3 is 15.1 Å². The van der Waals surface area contributed by atoms with Crippen molar-refractivity contribution in [2.75, 3.05) is 6.54 Å². The molecule has 1 aromatic heterocycles. The number of furan rings is 1. The van der Waals surface area contributed by atoms with Crippen molar-refractivity contribution in [3.8, 4) is 0 Å². The Bertz CT molecular complexity index is 413. The van der Waals surface area contributed by atoms with Crippen LogP contribution in [-0.4, -0.2) is 24.4 Å². The highest BCUT2D eigenvalue weighted by atomic mass is 16.3. The first-order chi connectivity index (χ1) is 8.24. The maximum atomic E-state index is 11.5. The molecule has 1 aliphatic rings. The van der Waals surface area contributed by atoms with Crippen LogP contribution < -0.4 is 10.6 Å². The molecule has 5 nitrogen and oxygen atoms in total. The Morgan fingerprint density at radius 1 is 1.59 bits per heavy atom. The first kappa shape index (κ1) is 11.4. The molecule has 1 unspecified atom stereocenters. The lowest BCUT2D eigenvalue weighted by atomic mass is 10.1. The average Bonchev–Trinajstić information content (AvgIpc) is 2.83. The van der Waals surface area contributed by atoms with Gasteiger partial charge in [0.2, 0.25) is 11.8 Å². The van der Waals surface area contributed by atoms with Crippen molar-refractivity contribution in [2.24, 2.45) is 0 Å². The normalized spacial score (nSPS) is 20.2. The minimum Gasteiger partial charge on any atom is -0.465 e. The lowest BCUT2D eigenvalue weighted by molar-refractivity contribution is -0.124. The van der Waals surface area contributed by atoms with E-state index >= 15 is 0 Å². The van der Waals surface area contributed by atoms with Gasteiger partial charge in [0.1, 0.15) is 5.76 Å². The Labute approximate surface area is 98.9 Å². The zero-order chi connectivity index (χ0) is 12.1. The number of hydrogen-bond acceptors (Lipinski definition) is 3. The molecule has 0 saturated carbocycles. The zero-order valence-corrected chi connectivity index (χ0v) is 9.31. The van der Waals surface area contributed by atoms with E-state index in [1.165, 1.54) is 6.08 Å². The van der Waals surface area contributed by atoms with Crippen LogP contribution >= 0.6 is 0 Å². The minimum absolute atomic E-state index is 0.0152. The molecule has 2 N–H and O–H groups in total. The van der Waals surface area contributed by atoms with Crippen LogP contribution in [0.1, 0.15) is 18.6 Å². The molecule has 1 atom stereocenters. The van der Waals surface area contributed by atoms with Crippen LogP contribution in [0, 0.1) is 0 Å². The molecule has 0 bridgehead atoms. The Balaban J connectivity index is 1.79. The highest BCUT2D eigenvalue weighted by molar-refractivity contribution is 5.91. The van der Waals surface area contributed by atoms with Gasteiger partial charge in [0.25, 0.3) is 0 Å². The number of hydrogen-bond donors (Lipinski definition) is 2. The van der Waals surface area contributed by atoms with Crippen molar-refractivity contribution in [1.82, 2.24) is 10.6 Å². The maximum absolute atomic E-state index is 11.5. The van der Waals surface area contributed by atoms with Crippen molar-refractivity contribution < 1.29 is 14.0 Å². The van der Waals surface area contributed by atoms with Gasteiger partial charge in [-0.2, -0.15) is 0 Å². The summed E-state index contributed by atoms with van der Waals surface area (Å²) in [6.07, 6.45) is 5.74. The largest absolute Gasteiger partial charge is 0.465 e. The fourth-order valence-corrected chi connectivity index (χ4v) is 1.65. The Morgan fingerprint density at radius 3 is 3.12 bits per heavy atom. The monoisotopic (exact) mass is 234 g/mol. The van der Waals surface area contributed by atoms with E-state index in [2.05, 4.69) is 10.6 Å². The molecule has 90 valence electrons. The summed E-state index contributed by atoms with van der Waals surface area (Å²) in [5.41, 5.74) is 0. The third-order valence-corrected chi connectivity index (χ3v) is 2.55. The summed E-state index contributed by atoms with van der Waals surface area (Å²) in [5, 5.41) is 5.53. The number of carbonyl (C=O) groups excluding carboxylic acids is 2. The van der Waals surface area contributed by atoms with E-state index in [9.17, 15) is 9.59 Å². The first-order valence-electron chi connectivity index (χ1n) is 5.53. The van der Waals surface area contributed by atoms with Gasteiger partial charge >= 0.3 is 0 Å². The third-order valence-electron chi connectivity index (χ3n) is 2.55. The summed E-state index contributed by atoms with van der Waals surface area (Å²) in [5.74, 6) is 0.501. The summed E-state index contributed by atoms with van der Waals surface area (Å²) < 4.78 is 5.06. The second kappa shape index (κ2) is 5.34. The smallest absolute Gasteiger partial charge is 0.244 e. The van der Waals surface area contributed by atoms with Gasteiger partial charge in [-0.25, -0.2) is 0 Å². The molecule has 1 fully saturated rings. The Kier molecular flexibility index (Phi) is 3.59. The second-order valence-corrected chi connectivity index (χ2v) is 3.90. The molecular formula is C12H14N2O3. The number of carbonyl (C=O) groups is 2. The summed E-state index contributed by atoms with van der Waals surface area (Å²) in [6, 6.07) is 3.54. The van der Waals surface area contributed by atoms with E-state index in [1.54, 1.807) is 24.5 Å². The number of piperidine rings is 1. The fraction of sp³-hybridized carbons (Fsp3) is 0.333. The van der Waals surface area contributed by atoms with Crippen molar-refractivity contribution in [3.63, 3.8) is 0 Å². The molecule has 0 radical (unpaired) electrons. The summed E-state index contributed by atoms with van der Waals surface area (Å²) in [7, 11) is 0. The van der Waals surface area contributed by atoms with E-state index in [-0.39, 0.29) is 17.9 Å². The van der Waals surface area contributed by atoms with Crippen LogP contribution in [0.4, 0.5) is 0 Å². The van der Waals surface area contributed by atoms with Crippen LogP contribution in [0.25, 0.3) is 6.08 Å². The Morgan fingerprint density at radius 2 is 2.47 bits per heavy atom. The lowest BCUT2D eigenvalue weighted by Crippen LogP contribution is -2.47. The maximum Gasteiger partial charge on any atom is 0.244 e. The van der Waals surface area contributed by atoms with Gasteiger partial charge in [-0.3, -0.25) is 9.59 Å². The highest BCUT2D eigenvalue weighted by Gasteiger charge is 2.18. The minimum atomic E-state index is -0.178. The summed E-state index contributed by atoms with van der Waals surface area (Å²) in [4.78, 5) is 22.5. The van der Waals surface area contributed by atoms with Gasteiger partial charge in [0.05, 0.1) is 6.26 Å². The van der Waals surface area contributed by atoms with Crippen molar-refractivity contribution >= 4 is 17.9 Å². The first-order valence-corrected chi connectivity index (χ1v) is 5.53. The average molecular weight is 234 g/mol. The van der Waals surface area contributed by atoms with Gasteiger partial charge in [0.15, 0.2) is 0 Å². The molecule has 2 amide bonds. The predicted molar refractivity (Wildman–Crippen MR) is 61.9 cm³/mol. The summed E-state index contributed by atoms with van der Waals surface area (Å²) >= 11 is 0. The van der Waals surface area contributed by atoms with Crippen LogP contribution in [0.2, 0.25) is 0 Å². The van der Waals surface area contributed by atoms with E-state index in [1.807, 2.05) is 0 Å². The second-order valence-electron chi connectivity index (χ2n) is 3.90. The predicted octanol–water partition coefficient (Wildman–Crippen LogP) is 0.688. The van der Waals surface area contributed by atoms with Crippen LogP contribution in [0.5, 0.6) is 0 Å². The van der Waals surface area contributed by atoms with Crippen molar-refractivity contribution in [2.45, 2.75) is 18.9 Å². The number of nitrogens with one attached hydrogen (secondary N) is 2. The summed E-state index contributed by atoms with van der Waals surface area (Å²) in [6.45, 7) is 0.499. The quantitative estimate of drug-likeness (QED) is 0.756. The van der Waals surface area contributed by atoms with Crippen molar-refractivity contribution in [1.29, 1.82) is 0 Å². The molecule has 2 rings (SSSR count). The van der Waals surface area contributed by atoms with Crippen LogP contribution in [-0.2, 0) is 9.59 Å². The van der Waals surface area contributed by atoms with Gasteiger partial charge in [-0.05, 0) is 24.6 Å². The van der Waals surface area contributed by atoms with Crippen LogP contribution in [0.3, 0.4) is 0 Å². The third kappa shape index (κ3) is 3.48. The molecule has 0 aromatic carbocycles. The molecule has 2 heterocycles. The molecule has 5 heteroatoms. The van der Waals surface area contributed by atoms with E-state index < -0.39 is 0 Å². The van der Waals surface area contributed by atoms with Gasteiger partial charge in [0, 0.05) is 25.1 Å².